The van der Waals surface area contributed by atoms with E-state index in [-0.39, 0.29) is 12.3 Å². The zero-order chi connectivity index (χ0) is 7.72. The first kappa shape index (κ1) is 6.80. The molecule has 0 bridgehead atoms. The number of hydrogen-bond acceptors (Lipinski definition) is 2. The maximum atomic E-state index is 10.7. The molecule has 0 radical (unpaired) electrons. The number of carbonyl (C=O) groups excluding carboxylic acids is 2. The van der Waals surface area contributed by atoms with Gasteiger partial charge in [0.1, 0.15) is 0 Å². The number of nitrogens with one attached hydrogen (secondary N) is 1. The Balaban J connectivity index is 2.76. The van der Waals surface area contributed by atoms with E-state index in [1.165, 1.54) is 4.90 Å². The van der Waals surface area contributed by atoms with E-state index in [9.17, 15) is 9.59 Å². The van der Waals surface area contributed by atoms with Crippen LogP contribution in [0.25, 0.3) is 0 Å². The standard InChI is InChI=1S/C6H8N2O2/c1-4-3-5(9)7-6(10)8(4)2/h1,3H2,2H3,(H,7,9,10). The van der Waals surface area contributed by atoms with E-state index >= 15 is 0 Å². The third kappa shape index (κ3) is 1.00. The molecule has 3 amide bonds. The molecule has 0 aromatic heterocycles. The normalized spacial score (nSPS) is 19.3. The summed E-state index contributed by atoms with van der Waals surface area (Å²) in [4.78, 5) is 22.7. The second kappa shape index (κ2) is 2.13. The molecule has 0 aromatic carbocycles. The summed E-state index contributed by atoms with van der Waals surface area (Å²) in [5, 5.41) is 2.15. The van der Waals surface area contributed by atoms with Crippen LogP contribution in [0.3, 0.4) is 0 Å². The molecule has 1 aliphatic rings. The van der Waals surface area contributed by atoms with Crippen LogP contribution in [0.5, 0.6) is 0 Å². The number of urea groups is 1. The maximum absolute atomic E-state index is 10.7. The Morgan fingerprint density at radius 1 is 1.60 bits per heavy atom. The molecule has 0 atom stereocenters. The molecule has 0 unspecified atom stereocenters. The summed E-state index contributed by atoms with van der Waals surface area (Å²) in [6, 6.07) is -0.402. The van der Waals surface area contributed by atoms with Crippen LogP contribution in [0.4, 0.5) is 4.79 Å². The average molecular weight is 140 g/mol. The summed E-state index contributed by atoms with van der Waals surface area (Å²) in [6.45, 7) is 3.54. The Bertz CT molecular complexity index is 190. The van der Waals surface area contributed by atoms with Crippen LogP contribution >= 0.6 is 0 Å². The van der Waals surface area contributed by atoms with Crippen molar-refractivity contribution in [2.75, 3.05) is 7.05 Å². The summed E-state index contributed by atoms with van der Waals surface area (Å²) in [5.74, 6) is -0.284. The number of rotatable bonds is 0. The SMILES string of the molecule is C=C1CC(=O)NC(=O)N1C. The third-order valence-electron chi connectivity index (χ3n) is 1.39. The van der Waals surface area contributed by atoms with Gasteiger partial charge in [-0.3, -0.25) is 10.1 Å². The number of nitrogens with zero attached hydrogens (tertiary/aromatic N) is 1. The van der Waals surface area contributed by atoms with Crippen molar-refractivity contribution < 1.29 is 9.59 Å². The molecule has 0 aromatic rings. The molecule has 1 saturated heterocycles. The van der Waals surface area contributed by atoms with Crippen LogP contribution < -0.4 is 5.32 Å². The largest absolute Gasteiger partial charge is 0.327 e. The van der Waals surface area contributed by atoms with Gasteiger partial charge in [-0.25, -0.2) is 4.79 Å². The molecular weight excluding hydrogens is 132 g/mol. The first-order chi connectivity index (χ1) is 4.61. The van der Waals surface area contributed by atoms with E-state index in [2.05, 4.69) is 11.9 Å². The van der Waals surface area contributed by atoms with Crippen LogP contribution in [0.15, 0.2) is 12.3 Å². The molecule has 1 fully saturated rings. The quantitative estimate of drug-likeness (QED) is 0.517. The smallest absolute Gasteiger partial charge is 0.301 e. The molecule has 54 valence electrons. The molecule has 4 heteroatoms. The van der Waals surface area contributed by atoms with Gasteiger partial charge in [0.2, 0.25) is 5.91 Å². The lowest BCUT2D eigenvalue weighted by molar-refractivity contribution is -0.120. The molecule has 0 saturated carbocycles. The van der Waals surface area contributed by atoms with E-state index in [4.69, 9.17) is 0 Å². The Kier molecular flexibility index (Phi) is 1.45. The van der Waals surface area contributed by atoms with Crippen molar-refractivity contribution in [3.05, 3.63) is 12.3 Å². The van der Waals surface area contributed by atoms with E-state index in [0.717, 1.165) is 0 Å². The molecule has 1 N–H and O–H groups in total. The van der Waals surface area contributed by atoms with Gasteiger partial charge in [-0.05, 0) is 0 Å². The minimum atomic E-state index is -0.402. The molecule has 10 heavy (non-hydrogen) atoms. The summed E-state index contributed by atoms with van der Waals surface area (Å²) < 4.78 is 0. The van der Waals surface area contributed by atoms with Crippen molar-refractivity contribution in [1.29, 1.82) is 0 Å². The van der Waals surface area contributed by atoms with Crippen LogP contribution in [0, 0.1) is 0 Å². The number of amides is 3. The van der Waals surface area contributed by atoms with Crippen LogP contribution in [0.2, 0.25) is 0 Å². The summed E-state index contributed by atoms with van der Waals surface area (Å²) in [6.07, 6.45) is 0.211. The zero-order valence-electron chi connectivity index (χ0n) is 5.68. The molecular formula is C6H8N2O2. The molecule has 1 heterocycles. The lowest BCUT2D eigenvalue weighted by Gasteiger charge is -2.23. The Morgan fingerprint density at radius 2 is 2.20 bits per heavy atom. The molecule has 0 aliphatic carbocycles. The molecule has 1 aliphatic heterocycles. The van der Waals surface area contributed by atoms with E-state index in [1.807, 2.05) is 0 Å². The molecule has 0 spiro atoms. The van der Waals surface area contributed by atoms with Gasteiger partial charge in [-0.2, -0.15) is 0 Å². The van der Waals surface area contributed by atoms with Gasteiger partial charge >= 0.3 is 6.03 Å². The van der Waals surface area contributed by atoms with E-state index in [0.29, 0.717) is 5.70 Å². The lowest BCUT2D eigenvalue weighted by Crippen LogP contribution is -2.45. The predicted octanol–water partition coefficient (Wildman–Crippen LogP) is 0.0718. The van der Waals surface area contributed by atoms with Crippen molar-refractivity contribution in [3.8, 4) is 0 Å². The van der Waals surface area contributed by atoms with Gasteiger partial charge < -0.3 is 4.90 Å². The minimum absolute atomic E-state index is 0.211. The maximum Gasteiger partial charge on any atom is 0.327 e. The van der Waals surface area contributed by atoms with Crippen molar-refractivity contribution >= 4 is 11.9 Å². The topological polar surface area (TPSA) is 49.4 Å². The van der Waals surface area contributed by atoms with Crippen molar-refractivity contribution in [2.45, 2.75) is 6.42 Å². The van der Waals surface area contributed by atoms with E-state index in [1.54, 1.807) is 7.05 Å². The summed E-state index contributed by atoms with van der Waals surface area (Å²) in [5.41, 5.74) is 0.536. The van der Waals surface area contributed by atoms with Crippen molar-refractivity contribution in [2.24, 2.45) is 0 Å². The third-order valence-corrected chi connectivity index (χ3v) is 1.39. The summed E-state index contributed by atoms with van der Waals surface area (Å²) in [7, 11) is 1.57. The fraction of sp³-hybridized carbons (Fsp3) is 0.333. The van der Waals surface area contributed by atoms with E-state index < -0.39 is 6.03 Å². The molecule has 1 rings (SSSR count). The van der Waals surface area contributed by atoms with Gasteiger partial charge in [-0.1, -0.05) is 6.58 Å². The monoisotopic (exact) mass is 140 g/mol. The lowest BCUT2D eigenvalue weighted by atomic mass is 10.2. The highest BCUT2D eigenvalue weighted by atomic mass is 16.2. The Labute approximate surface area is 58.5 Å². The highest BCUT2D eigenvalue weighted by Crippen LogP contribution is 2.08. The number of hydrogen-bond donors (Lipinski definition) is 1. The average Bonchev–Trinajstić information content (AvgIpc) is 1.82. The fourth-order valence-electron chi connectivity index (χ4n) is 0.695. The second-order valence-electron chi connectivity index (χ2n) is 2.16. The predicted molar refractivity (Wildman–Crippen MR) is 35.1 cm³/mol. The van der Waals surface area contributed by atoms with Gasteiger partial charge in [0.15, 0.2) is 0 Å². The second-order valence-corrected chi connectivity index (χ2v) is 2.16. The Morgan fingerprint density at radius 3 is 2.70 bits per heavy atom. The van der Waals surface area contributed by atoms with Crippen LogP contribution in [-0.4, -0.2) is 23.9 Å². The highest BCUT2D eigenvalue weighted by Gasteiger charge is 2.22. The highest BCUT2D eigenvalue weighted by molar-refractivity contribution is 5.98. The van der Waals surface area contributed by atoms with Crippen LogP contribution in [-0.2, 0) is 4.79 Å². The number of carbonyl (C=O) groups is 2. The Hall–Kier alpha value is -1.32. The zero-order valence-corrected chi connectivity index (χ0v) is 5.68. The van der Waals surface area contributed by atoms with Gasteiger partial charge in [0.05, 0.1) is 6.42 Å². The first-order valence-electron chi connectivity index (χ1n) is 2.86. The van der Waals surface area contributed by atoms with Gasteiger partial charge in [-0.15, -0.1) is 0 Å². The fourth-order valence-corrected chi connectivity index (χ4v) is 0.695. The van der Waals surface area contributed by atoms with Crippen LogP contribution in [0.1, 0.15) is 6.42 Å². The van der Waals surface area contributed by atoms with Crippen molar-refractivity contribution in [3.63, 3.8) is 0 Å². The molecule has 4 nitrogen and oxygen atoms in total. The van der Waals surface area contributed by atoms with Crippen molar-refractivity contribution in [1.82, 2.24) is 10.2 Å². The first-order valence-corrected chi connectivity index (χ1v) is 2.86. The number of imide groups is 1. The summed E-state index contributed by atoms with van der Waals surface area (Å²) >= 11 is 0. The van der Waals surface area contributed by atoms with Gasteiger partial charge in [0.25, 0.3) is 0 Å². The van der Waals surface area contributed by atoms with Gasteiger partial charge in [0, 0.05) is 12.7 Å². The minimum Gasteiger partial charge on any atom is -0.301 e.